The van der Waals surface area contributed by atoms with Gasteiger partial charge in [-0.2, -0.15) is 5.10 Å². The van der Waals surface area contributed by atoms with E-state index in [1.54, 1.807) is 25.1 Å². The molecule has 0 aliphatic rings. The van der Waals surface area contributed by atoms with Crippen molar-refractivity contribution in [2.45, 2.75) is 6.92 Å². The van der Waals surface area contributed by atoms with Crippen LogP contribution in [0.5, 0.6) is 5.75 Å². The molecule has 0 aliphatic heterocycles. The lowest BCUT2D eigenvalue weighted by atomic mass is 10.1. The van der Waals surface area contributed by atoms with E-state index >= 15 is 0 Å². The van der Waals surface area contributed by atoms with Crippen molar-refractivity contribution < 1.29 is 23.0 Å². The van der Waals surface area contributed by atoms with Crippen LogP contribution in [0.15, 0.2) is 30.3 Å². The molecule has 3 aromatic rings. The molecule has 2 aromatic carbocycles. The first-order valence-electron chi connectivity index (χ1n) is 7.90. The van der Waals surface area contributed by atoms with Gasteiger partial charge in [-0.3, -0.25) is 5.10 Å². The zero-order valence-electron chi connectivity index (χ0n) is 14.2. The van der Waals surface area contributed by atoms with Gasteiger partial charge in [0.25, 0.3) is 0 Å². The third-order valence-corrected chi connectivity index (χ3v) is 3.79. The molecule has 0 unspecified atom stereocenters. The first kappa shape index (κ1) is 17.6. The van der Waals surface area contributed by atoms with E-state index in [1.165, 1.54) is 25.3 Å². The molecule has 1 heterocycles. The minimum atomic E-state index is -0.680. The molecule has 0 bridgehead atoms. The number of nitrogens with zero attached hydrogens (tertiary/aromatic N) is 1. The molecular formula is C19H16F2N2O3. The smallest absolute Gasteiger partial charge is 0.341 e. The normalized spacial score (nSPS) is 11.2. The summed E-state index contributed by atoms with van der Waals surface area (Å²) in [6.07, 6.45) is 3.04. The van der Waals surface area contributed by atoms with Gasteiger partial charge in [-0.25, -0.2) is 13.6 Å². The van der Waals surface area contributed by atoms with Crippen LogP contribution in [0.4, 0.5) is 8.78 Å². The van der Waals surface area contributed by atoms with E-state index in [1.807, 2.05) is 0 Å². The maximum Gasteiger partial charge on any atom is 0.341 e. The highest BCUT2D eigenvalue weighted by Gasteiger charge is 2.19. The summed E-state index contributed by atoms with van der Waals surface area (Å²) in [7, 11) is 1.44. The number of fused-ring (bicyclic) bond motifs is 1. The second-order valence-electron chi connectivity index (χ2n) is 5.40. The number of aromatic nitrogens is 2. The molecule has 0 saturated carbocycles. The van der Waals surface area contributed by atoms with Gasteiger partial charge in [0.05, 0.1) is 30.3 Å². The average Bonchev–Trinajstić information content (AvgIpc) is 3.03. The minimum Gasteiger partial charge on any atom is -0.495 e. The van der Waals surface area contributed by atoms with Gasteiger partial charge in [-0.15, -0.1) is 0 Å². The maximum absolute atomic E-state index is 13.8. The van der Waals surface area contributed by atoms with Crippen molar-refractivity contribution in [3.63, 3.8) is 0 Å². The largest absolute Gasteiger partial charge is 0.495 e. The van der Waals surface area contributed by atoms with Crippen LogP contribution in [0.1, 0.15) is 28.5 Å². The van der Waals surface area contributed by atoms with Crippen LogP contribution in [0.25, 0.3) is 23.1 Å². The highest BCUT2D eigenvalue weighted by molar-refractivity contribution is 6.03. The van der Waals surface area contributed by atoms with Crippen LogP contribution in [0.3, 0.4) is 0 Å². The fraction of sp³-hybridized carbons (Fsp3) is 0.158. The Hall–Kier alpha value is -3.22. The van der Waals surface area contributed by atoms with Crippen molar-refractivity contribution in [1.82, 2.24) is 10.2 Å². The Balaban J connectivity index is 2.07. The Labute approximate surface area is 148 Å². The minimum absolute atomic E-state index is 0.211. The number of esters is 1. The lowest BCUT2D eigenvalue weighted by Gasteiger charge is -2.09. The maximum atomic E-state index is 13.8. The van der Waals surface area contributed by atoms with Crippen LogP contribution >= 0.6 is 0 Å². The van der Waals surface area contributed by atoms with Crippen LogP contribution in [-0.2, 0) is 4.74 Å². The lowest BCUT2D eigenvalue weighted by molar-refractivity contribution is 0.0523. The van der Waals surface area contributed by atoms with E-state index < -0.39 is 17.6 Å². The fourth-order valence-corrected chi connectivity index (χ4v) is 2.61. The molecule has 0 atom stereocenters. The third-order valence-electron chi connectivity index (χ3n) is 3.79. The molecule has 0 amide bonds. The van der Waals surface area contributed by atoms with Gasteiger partial charge in [-0.05, 0) is 43.3 Å². The molecule has 1 aromatic heterocycles. The van der Waals surface area contributed by atoms with Crippen molar-refractivity contribution >= 4 is 29.0 Å². The van der Waals surface area contributed by atoms with E-state index in [2.05, 4.69) is 10.2 Å². The highest BCUT2D eigenvalue weighted by atomic mass is 19.1. The number of hydrogen-bond donors (Lipinski definition) is 1. The van der Waals surface area contributed by atoms with E-state index in [9.17, 15) is 13.6 Å². The number of H-pyrrole nitrogens is 1. The van der Waals surface area contributed by atoms with Gasteiger partial charge in [0.15, 0.2) is 0 Å². The number of carbonyl (C=O) groups excluding carboxylic acids is 1. The molecular weight excluding hydrogens is 342 g/mol. The molecule has 5 nitrogen and oxygen atoms in total. The second-order valence-corrected chi connectivity index (χ2v) is 5.40. The molecule has 0 spiro atoms. The zero-order valence-corrected chi connectivity index (χ0v) is 14.2. The number of rotatable bonds is 5. The number of benzene rings is 2. The Morgan fingerprint density at radius 2 is 2.04 bits per heavy atom. The summed E-state index contributed by atoms with van der Waals surface area (Å²) in [5.74, 6) is -1.52. The third kappa shape index (κ3) is 3.28. The van der Waals surface area contributed by atoms with E-state index in [0.29, 0.717) is 22.3 Å². The first-order valence-corrected chi connectivity index (χ1v) is 7.90. The van der Waals surface area contributed by atoms with Crippen molar-refractivity contribution in [2.24, 2.45) is 0 Å². The number of halogens is 2. The van der Waals surface area contributed by atoms with Gasteiger partial charge >= 0.3 is 5.97 Å². The quantitative estimate of drug-likeness (QED) is 0.695. The topological polar surface area (TPSA) is 64.2 Å². The summed E-state index contributed by atoms with van der Waals surface area (Å²) in [5.41, 5.74) is 1.58. The molecule has 7 heteroatoms. The van der Waals surface area contributed by atoms with E-state index in [0.717, 1.165) is 6.07 Å². The van der Waals surface area contributed by atoms with Crippen molar-refractivity contribution in [3.8, 4) is 5.75 Å². The number of ether oxygens (including phenoxy) is 2. The molecule has 3 rings (SSSR count). The van der Waals surface area contributed by atoms with Crippen LogP contribution in [0, 0.1) is 11.6 Å². The number of carbonyl (C=O) groups is 1. The van der Waals surface area contributed by atoms with Gasteiger partial charge in [-0.1, -0.05) is 0 Å². The average molecular weight is 358 g/mol. The highest BCUT2D eigenvalue weighted by Crippen LogP contribution is 2.32. The Morgan fingerprint density at radius 1 is 1.23 bits per heavy atom. The molecule has 134 valence electrons. The van der Waals surface area contributed by atoms with Gasteiger partial charge < -0.3 is 9.47 Å². The molecule has 0 aliphatic carbocycles. The zero-order chi connectivity index (χ0) is 18.7. The number of methoxy groups -OCH3 is 1. The molecule has 0 fully saturated rings. The summed E-state index contributed by atoms with van der Waals surface area (Å²) < 4.78 is 37.2. The Kier molecular flexibility index (Phi) is 4.97. The van der Waals surface area contributed by atoms with Crippen LogP contribution in [0.2, 0.25) is 0 Å². The van der Waals surface area contributed by atoms with Crippen molar-refractivity contribution in [1.29, 1.82) is 0 Å². The molecule has 0 saturated heterocycles. The summed E-state index contributed by atoms with van der Waals surface area (Å²) in [5, 5.41) is 7.57. The number of aromatic amines is 1. The van der Waals surface area contributed by atoms with Gasteiger partial charge in [0, 0.05) is 11.6 Å². The molecule has 1 N–H and O–H groups in total. The summed E-state index contributed by atoms with van der Waals surface area (Å²) >= 11 is 0. The van der Waals surface area contributed by atoms with Crippen LogP contribution in [-0.4, -0.2) is 29.9 Å². The monoisotopic (exact) mass is 358 g/mol. The molecule has 26 heavy (non-hydrogen) atoms. The fourth-order valence-electron chi connectivity index (χ4n) is 2.61. The Bertz CT molecular complexity index is 996. The summed E-state index contributed by atoms with van der Waals surface area (Å²) in [6.45, 7) is 1.95. The predicted molar refractivity (Wildman–Crippen MR) is 93.9 cm³/mol. The second kappa shape index (κ2) is 7.35. The Morgan fingerprint density at radius 3 is 2.73 bits per heavy atom. The van der Waals surface area contributed by atoms with E-state index in [-0.39, 0.29) is 17.7 Å². The van der Waals surface area contributed by atoms with Gasteiger partial charge in [0.2, 0.25) is 0 Å². The summed E-state index contributed by atoms with van der Waals surface area (Å²) in [4.78, 5) is 12.1. The van der Waals surface area contributed by atoms with Gasteiger partial charge in [0.1, 0.15) is 22.9 Å². The van der Waals surface area contributed by atoms with Crippen molar-refractivity contribution in [2.75, 3.05) is 13.7 Å². The molecule has 0 radical (unpaired) electrons. The van der Waals surface area contributed by atoms with E-state index in [4.69, 9.17) is 9.47 Å². The lowest BCUT2D eigenvalue weighted by Crippen LogP contribution is -2.07. The summed E-state index contributed by atoms with van der Waals surface area (Å²) in [6, 6.07) is 6.58. The first-order chi connectivity index (χ1) is 12.5. The number of nitrogens with one attached hydrogen (secondary N) is 1. The standard InChI is InChI=1S/C19H16F2N2O3/c1-3-26-19(24)13-7-9-16-17(18(13)25-2)15(22-23-16)8-5-11-4-6-12(20)10-14(11)21/h4-10H,3H2,1-2H3,(H,22,23)/b8-5+. The van der Waals surface area contributed by atoms with Crippen LogP contribution < -0.4 is 4.74 Å². The predicted octanol–water partition coefficient (Wildman–Crippen LogP) is 4.20. The SMILES string of the molecule is CCOC(=O)c1ccc2[nH]nc(/C=C/c3ccc(F)cc3F)c2c1OC. The van der Waals surface area contributed by atoms with Crippen molar-refractivity contribution in [3.05, 3.63) is 58.8 Å². The number of hydrogen-bond acceptors (Lipinski definition) is 4.